The zero-order valence-electron chi connectivity index (χ0n) is 7.27. The standard InChI is InChI=1S/C8H7F3N2O/c1-2-12-8(14)4-3-5(9)13-7(11)6(4)10/h3H,2H2,1H3,(H,12,14). The van der Waals surface area contributed by atoms with Crippen LogP contribution in [0.3, 0.4) is 0 Å². The van der Waals surface area contributed by atoms with Crippen molar-refractivity contribution in [3.63, 3.8) is 0 Å². The molecule has 14 heavy (non-hydrogen) atoms. The first-order valence-corrected chi connectivity index (χ1v) is 3.86. The van der Waals surface area contributed by atoms with Crippen LogP contribution in [0.5, 0.6) is 0 Å². The van der Waals surface area contributed by atoms with Crippen molar-refractivity contribution in [3.05, 3.63) is 29.3 Å². The normalized spacial score (nSPS) is 10.0. The molecule has 6 heteroatoms. The van der Waals surface area contributed by atoms with Gasteiger partial charge in [-0.15, -0.1) is 0 Å². The second-order valence-corrected chi connectivity index (χ2v) is 2.46. The fraction of sp³-hybridized carbons (Fsp3) is 0.250. The van der Waals surface area contributed by atoms with E-state index in [0.717, 1.165) is 0 Å². The zero-order chi connectivity index (χ0) is 10.7. The number of nitrogens with zero attached hydrogens (tertiary/aromatic N) is 1. The van der Waals surface area contributed by atoms with Crippen LogP contribution in [0.4, 0.5) is 13.2 Å². The summed E-state index contributed by atoms with van der Waals surface area (Å²) in [4.78, 5) is 13.6. The van der Waals surface area contributed by atoms with Gasteiger partial charge in [0.25, 0.3) is 11.9 Å². The van der Waals surface area contributed by atoms with Crippen LogP contribution >= 0.6 is 0 Å². The highest BCUT2D eigenvalue weighted by molar-refractivity contribution is 5.94. The third-order valence-electron chi connectivity index (χ3n) is 1.47. The summed E-state index contributed by atoms with van der Waals surface area (Å²) in [5.74, 6) is -5.17. The van der Waals surface area contributed by atoms with Crippen LogP contribution in [0.2, 0.25) is 0 Å². The third-order valence-corrected chi connectivity index (χ3v) is 1.47. The summed E-state index contributed by atoms with van der Waals surface area (Å²) in [5.41, 5.74) is -0.683. The summed E-state index contributed by atoms with van der Waals surface area (Å²) < 4.78 is 37.9. The molecule has 1 aromatic heterocycles. The van der Waals surface area contributed by atoms with E-state index in [-0.39, 0.29) is 6.54 Å². The number of rotatable bonds is 2. The number of carbonyl (C=O) groups is 1. The van der Waals surface area contributed by atoms with Crippen molar-refractivity contribution in [1.29, 1.82) is 0 Å². The smallest absolute Gasteiger partial charge is 0.254 e. The number of pyridine rings is 1. The number of hydrogen-bond acceptors (Lipinski definition) is 2. The van der Waals surface area contributed by atoms with Gasteiger partial charge in [0.1, 0.15) is 0 Å². The van der Waals surface area contributed by atoms with E-state index < -0.39 is 29.2 Å². The molecule has 1 N–H and O–H groups in total. The first-order valence-electron chi connectivity index (χ1n) is 3.86. The number of carbonyl (C=O) groups excluding carboxylic acids is 1. The van der Waals surface area contributed by atoms with Crippen molar-refractivity contribution in [3.8, 4) is 0 Å². The fourth-order valence-corrected chi connectivity index (χ4v) is 0.890. The molecule has 0 aliphatic rings. The molecule has 1 aromatic rings. The Morgan fingerprint density at radius 1 is 1.50 bits per heavy atom. The quantitative estimate of drug-likeness (QED) is 0.736. The van der Waals surface area contributed by atoms with Gasteiger partial charge >= 0.3 is 0 Å². The Morgan fingerprint density at radius 3 is 2.71 bits per heavy atom. The minimum Gasteiger partial charge on any atom is -0.352 e. The van der Waals surface area contributed by atoms with Crippen LogP contribution in [-0.2, 0) is 0 Å². The Morgan fingerprint density at radius 2 is 2.14 bits per heavy atom. The van der Waals surface area contributed by atoms with Crippen LogP contribution < -0.4 is 5.32 Å². The van der Waals surface area contributed by atoms with Gasteiger partial charge in [0.15, 0.2) is 5.82 Å². The molecular weight excluding hydrogens is 197 g/mol. The van der Waals surface area contributed by atoms with Crippen molar-refractivity contribution in [2.45, 2.75) is 6.92 Å². The molecule has 76 valence electrons. The van der Waals surface area contributed by atoms with Crippen molar-refractivity contribution in [2.75, 3.05) is 6.54 Å². The van der Waals surface area contributed by atoms with Gasteiger partial charge in [0, 0.05) is 12.6 Å². The van der Waals surface area contributed by atoms with E-state index in [1.165, 1.54) is 0 Å². The first-order chi connectivity index (χ1) is 6.56. The maximum absolute atomic E-state index is 12.9. The van der Waals surface area contributed by atoms with E-state index in [1.807, 2.05) is 0 Å². The van der Waals surface area contributed by atoms with Gasteiger partial charge in [0.2, 0.25) is 5.95 Å². The van der Waals surface area contributed by atoms with E-state index in [2.05, 4.69) is 10.3 Å². The molecule has 1 amide bonds. The molecule has 0 bridgehead atoms. The average Bonchev–Trinajstić information content (AvgIpc) is 2.11. The van der Waals surface area contributed by atoms with E-state index in [4.69, 9.17) is 0 Å². The maximum Gasteiger partial charge on any atom is 0.254 e. The van der Waals surface area contributed by atoms with Gasteiger partial charge < -0.3 is 5.32 Å². The largest absolute Gasteiger partial charge is 0.352 e. The monoisotopic (exact) mass is 204 g/mol. The van der Waals surface area contributed by atoms with Crippen molar-refractivity contribution < 1.29 is 18.0 Å². The second kappa shape index (κ2) is 4.08. The molecule has 0 radical (unpaired) electrons. The lowest BCUT2D eigenvalue weighted by molar-refractivity contribution is 0.0949. The van der Waals surface area contributed by atoms with Crippen LogP contribution in [0.15, 0.2) is 6.07 Å². The molecule has 0 atom stereocenters. The Labute approximate surface area is 78.0 Å². The minimum atomic E-state index is -1.62. The van der Waals surface area contributed by atoms with Gasteiger partial charge in [-0.3, -0.25) is 4.79 Å². The summed E-state index contributed by atoms with van der Waals surface area (Å²) in [6.45, 7) is 1.84. The molecule has 0 spiro atoms. The Balaban J connectivity index is 3.13. The molecule has 0 saturated carbocycles. The average molecular weight is 204 g/mol. The van der Waals surface area contributed by atoms with E-state index >= 15 is 0 Å². The molecule has 0 aliphatic heterocycles. The lowest BCUT2D eigenvalue weighted by Crippen LogP contribution is -2.24. The molecule has 1 heterocycles. The third kappa shape index (κ3) is 2.01. The van der Waals surface area contributed by atoms with E-state index in [0.29, 0.717) is 6.07 Å². The Kier molecular flexibility index (Phi) is 3.06. The van der Waals surface area contributed by atoms with E-state index in [9.17, 15) is 18.0 Å². The number of aromatic nitrogens is 1. The number of nitrogens with one attached hydrogen (secondary N) is 1. The lowest BCUT2D eigenvalue weighted by Gasteiger charge is -2.03. The summed E-state index contributed by atoms with van der Waals surface area (Å²) in [7, 11) is 0. The van der Waals surface area contributed by atoms with Crippen molar-refractivity contribution in [2.24, 2.45) is 0 Å². The molecule has 1 rings (SSSR count). The van der Waals surface area contributed by atoms with E-state index in [1.54, 1.807) is 6.92 Å². The number of hydrogen-bond donors (Lipinski definition) is 1. The van der Waals surface area contributed by atoms with Crippen LogP contribution in [0.25, 0.3) is 0 Å². The predicted octanol–water partition coefficient (Wildman–Crippen LogP) is 1.25. The predicted molar refractivity (Wildman–Crippen MR) is 42.1 cm³/mol. The van der Waals surface area contributed by atoms with Crippen molar-refractivity contribution >= 4 is 5.91 Å². The summed E-state index contributed by atoms with van der Waals surface area (Å²) in [6, 6.07) is 0.545. The highest BCUT2D eigenvalue weighted by Crippen LogP contribution is 2.10. The van der Waals surface area contributed by atoms with Gasteiger partial charge in [-0.1, -0.05) is 0 Å². The van der Waals surface area contributed by atoms with Gasteiger partial charge in [-0.2, -0.15) is 13.8 Å². The summed E-state index contributed by atoms with van der Waals surface area (Å²) in [6.07, 6.45) is 0. The number of halogens is 3. The molecule has 0 fully saturated rings. The number of amides is 1. The van der Waals surface area contributed by atoms with Crippen molar-refractivity contribution in [1.82, 2.24) is 10.3 Å². The topological polar surface area (TPSA) is 42.0 Å². The molecule has 3 nitrogen and oxygen atoms in total. The highest BCUT2D eigenvalue weighted by atomic mass is 19.2. The van der Waals surface area contributed by atoms with Gasteiger partial charge in [-0.05, 0) is 6.92 Å². The van der Waals surface area contributed by atoms with Gasteiger partial charge in [-0.25, -0.2) is 4.39 Å². The first kappa shape index (κ1) is 10.5. The Hall–Kier alpha value is -1.59. The maximum atomic E-state index is 12.9. The van der Waals surface area contributed by atoms with Crippen LogP contribution in [0, 0.1) is 17.7 Å². The lowest BCUT2D eigenvalue weighted by atomic mass is 10.2. The van der Waals surface area contributed by atoms with Gasteiger partial charge in [0.05, 0.1) is 5.56 Å². The highest BCUT2D eigenvalue weighted by Gasteiger charge is 2.17. The second-order valence-electron chi connectivity index (χ2n) is 2.46. The van der Waals surface area contributed by atoms with Crippen LogP contribution in [0.1, 0.15) is 17.3 Å². The molecule has 0 aromatic carbocycles. The minimum absolute atomic E-state index is 0.240. The molecular formula is C8H7F3N2O. The molecule has 0 unspecified atom stereocenters. The molecule has 0 saturated heterocycles. The fourth-order valence-electron chi connectivity index (χ4n) is 0.890. The summed E-state index contributed by atoms with van der Waals surface area (Å²) >= 11 is 0. The van der Waals surface area contributed by atoms with Crippen LogP contribution in [-0.4, -0.2) is 17.4 Å². The Bertz CT molecular complexity index is 368. The molecule has 0 aliphatic carbocycles. The zero-order valence-corrected chi connectivity index (χ0v) is 7.27. The summed E-state index contributed by atoms with van der Waals surface area (Å²) in [5, 5.41) is 2.22. The SMILES string of the molecule is CCNC(=O)c1cc(F)nc(F)c1F.